The van der Waals surface area contributed by atoms with Crippen molar-refractivity contribution in [2.24, 2.45) is 4.99 Å². The second kappa shape index (κ2) is 9.20. The first-order valence-corrected chi connectivity index (χ1v) is 10.9. The molecular weight excluding hydrogens is 368 g/mol. The summed E-state index contributed by atoms with van der Waals surface area (Å²) >= 11 is 8.30. The van der Waals surface area contributed by atoms with Gasteiger partial charge in [0.15, 0.2) is 5.96 Å². The minimum Gasteiger partial charge on any atom is -0.381 e. The number of benzene rings is 1. The number of para-hydroxylation sites is 1. The number of anilines is 1. The lowest BCUT2D eigenvalue weighted by Gasteiger charge is -2.40. The number of aliphatic imine (C=N–C) groups is 1. The van der Waals surface area contributed by atoms with Crippen molar-refractivity contribution in [3.05, 3.63) is 29.3 Å². The molecule has 1 aromatic rings. The van der Waals surface area contributed by atoms with Crippen molar-refractivity contribution in [2.45, 2.75) is 17.6 Å². The van der Waals surface area contributed by atoms with Crippen LogP contribution in [0.4, 0.5) is 5.69 Å². The van der Waals surface area contributed by atoms with Crippen molar-refractivity contribution in [1.29, 1.82) is 0 Å². The second-order valence-electron chi connectivity index (χ2n) is 6.83. The largest absolute Gasteiger partial charge is 0.381 e. The van der Waals surface area contributed by atoms with Gasteiger partial charge in [-0.15, -0.1) is 0 Å². The Hall–Kier alpha value is -1.11. The van der Waals surface area contributed by atoms with Crippen LogP contribution in [0.5, 0.6) is 0 Å². The van der Waals surface area contributed by atoms with Crippen LogP contribution in [0.2, 0.25) is 5.02 Å². The third-order valence-electron chi connectivity index (χ3n) is 5.39. The van der Waals surface area contributed by atoms with Gasteiger partial charge in [0.25, 0.3) is 0 Å². The van der Waals surface area contributed by atoms with Gasteiger partial charge in [-0.05, 0) is 31.2 Å². The first-order valence-electron chi connectivity index (χ1n) is 9.25. The third kappa shape index (κ3) is 4.59. The van der Waals surface area contributed by atoms with Crippen LogP contribution in [0, 0.1) is 0 Å². The molecule has 2 aliphatic heterocycles. The van der Waals surface area contributed by atoms with Gasteiger partial charge in [0, 0.05) is 57.7 Å². The summed E-state index contributed by atoms with van der Waals surface area (Å²) in [6.07, 6.45) is 4.40. The predicted molar refractivity (Wildman–Crippen MR) is 113 cm³/mol. The first-order chi connectivity index (χ1) is 12.7. The molecule has 0 unspecified atom stereocenters. The van der Waals surface area contributed by atoms with Crippen molar-refractivity contribution < 1.29 is 4.74 Å². The van der Waals surface area contributed by atoms with E-state index in [2.05, 4.69) is 32.4 Å². The molecule has 2 heterocycles. The number of ether oxygens (including phenoxy) is 1. The number of piperazine rings is 1. The molecule has 1 aromatic carbocycles. The van der Waals surface area contributed by atoms with Crippen LogP contribution in [0.3, 0.4) is 0 Å². The Morgan fingerprint density at radius 3 is 2.54 bits per heavy atom. The van der Waals surface area contributed by atoms with Crippen molar-refractivity contribution >= 4 is 35.0 Å². The highest BCUT2D eigenvalue weighted by Crippen LogP contribution is 2.33. The summed E-state index contributed by atoms with van der Waals surface area (Å²) in [6.45, 7) is 6.45. The normalized spacial score (nSPS) is 21.0. The molecule has 0 bridgehead atoms. The molecule has 1 N–H and O–H groups in total. The molecule has 5 nitrogen and oxygen atoms in total. The summed E-state index contributed by atoms with van der Waals surface area (Å²) in [4.78, 5) is 9.23. The van der Waals surface area contributed by atoms with Crippen LogP contribution in [0.25, 0.3) is 0 Å². The number of rotatable bonds is 4. The van der Waals surface area contributed by atoms with E-state index < -0.39 is 0 Å². The predicted octanol–water partition coefficient (Wildman–Crippen LogP) is 2.95. The monoisotopic (exact) mass is 396 g/mol. The summed E-state index contributed by atoms with van der Waals surface area (Å²) in [7, 11) is 1.87. The van der Waals surface area contributed by atoms with E-state index in [9.17, 15) is 0 Å². The molecule has 2 aliphatic rings. The molecule has 0 radical (unpaired) electrons. The summed E-state index contributed by atoms with van der Waals surface area (Å²) in [5.41, 5.74) is 1.13. The number of nitrogens with one attached hydrogen (secondary N) is 1. The number of hydrogen-bond donors (Lipinski definition) is 1. The molecule has 0 aliphatic carbocycles. The van der Waals surface area contributed by atoms with E-state index in [0.29, 0.717) is 0 Å². The minimum absolute atomic E-state index is 0.258. The maximum absolute atomic E-state index is 6.35. The van der Waals surface area contributed by atoms with Gasteiger partial charge in [0.2, 0.25) is 0 Å². The summed E-state index contributed by atoms with van der Waals surface area (Å²) in [6, 6.07) is 8.08. The van der Waals surface area contributed by atoms with E-state index in [1.807, 2.05) is 37.0 Å². The number of guanidine groups is 1. The Balaban J connectivity index is 1.54. The van der Waals surface area contributed by atoms with E-state index in [-0.39, 0.29) is 4.75 Å². The topological polar surface area (TPSA) is 40.1 Å². The Kier molecular flexibility index (Phi) is 6.95. The minimum atomic E-state index is 0.258. The molecule has 0 spiro atoms. The fourth-order valence-corrected chi connectivity index (χ4v) is 4.68. The van der Waals surface area contributed by atoms with Gasteiger partial charge in [0.1, 0.15) is 0 Å². The van der Waals surface area contributed by atoms with Crippen LogP contribution in [0.1, 0.15) is 12.8 Å². The average molecular weight is 397 g/mol. The molecule has 3 rings (SSSR count). The highest BCUT2D eigenvalue weighted by Gasteiger charge is 2.32. The van der Waals surface area contributed by atoms with E-state index in [0.717, 1.165) is 75.4 Å². The van der Waals surface area contributed by atoms with E-state index in [1.165, 1.54) is 0 Å². The Morgan fingerprint density at radius 2 is 1.92 bits per heavy atom. The average Bonchev–Trinajstić information content (AvgIpc) is 2.70. The van der Waals surface area contributed by atoms with Crippen LogP contribution >= 0.6 is 23.4 Å². The van der Waals surface area contributed by atoms with Crippen LogP contribution in [-0.4, -0.2) is 74.8 Å². The van der Waals surface area contributed by atoms with E-state index in [1.54, 1.807) is 0 Å². The zero-order valence-electron chi connectivity index (χ0n) is 15.7. The number of thioether (sulfide) groups is 1. The molecule has 0 amide bonds. The molecule has 0 atom stereocenters. The second-order valence-corrected chi connectivity index (χ2v) is 8.51. The quantitative estimate of drug-likeness (QED) is 0.625. The Bertz CT molecular complexity index is 613. The van der Waals surface area contributed by atoms with E-state index >= 15 is 0 Å². The van der Waals surface area contributed by atoms with Gasteiger partial charge in [-0.2, -0.15) is 11.8 Å². The maximum atomic E-state index is 6.35. The van der Waals surface area contributed by atoms with Crippen molar-refractivity contribution in [1.82, 2.24) is 10.2 Å². The lowest BCUT2D eigenvalue weighted by atomic mass is 9.99. The highest BCUT2D eigenvalue weighted by molar-refractivity contribution is 8.00. The van der Waals surface area contributed by atoms with E-state index in [4.69, 9.17) is 16.3 Å². The lowest BCUT2D eigenvalue weighted by molar-refractivity contribution is 0.0781. The fraction of sp³-hybridized carbons (Fsp3) is 0.632. The number of hydrogen-bond acceptors (Lipinski definition) is 4. The standard InChI is InChI=1S/C19H29ClN4OS/c1-21-18(22-15-19(26-2)7-13-25-14-8-19)24-11-9-23(10-12-24)17-6-4-3-5-16(17)20/h3-6H,7-15H2,1-2H3,(H,21,22). The lowest BCUT2D eigenvalue weighted by Crippen LogP contribution is -2.55. The van der Waals surface area contributed by atoms with Crippen LogP contribution in [0.15, 0.2) is 29.3 Å². The third-order valence-corrected chi connectivity index (χ3v) is 7.13. The SMILES string of the molecule is CN=C(NCC1(SC)CCOCC1)N1CCN(c2ccccc2Cl)CC1. The molecule has 2 fully saturated rings. The zero-order chi connectivity index (χ0) is 18.4. The highest BCUT2D eigenvalue weighted by atomic mass is 35.5. The van der Waals surface area contributed by atoms with Gasteiger partial charge in [-0.3, -0.25) is 4.99 Å². The summed E-state index contributed by atoms with van der Waals surface area (Å²) < 4.78 is 5.80. The van der Waals surface area contributed by atoms with Gasteiger partial charge >= 0.3 is 0 Å². The number of nitrogens with zero attached hydrogens (tertiary/aromatic N) is 3. The fourth-order valence-electron chi connectivity index (χ4n) is 3.64. The molecule has 2 saturated heterocycles. The molecule has 144 valence electrons. The maximum Gasteiger partial charge on any atom is 0.193 e. The van der Waals surface area contributed by atoms with Crippen molar-refractivity contribution in [3.8, 4) is 0 Å². The summed E-state index contributed by atoms with van der Waals surface area (Å²) in [5.74, 6) is 1.00. The van der Waals surface area contributed by atoms with Gasteiger partial charge in [-0.1, -0.05) is 23.7 Å². The van der Waals surface area contributed by atoms with Crippen LogP contribution < -0.4 is 10.2 Å². The smallest absolute Gasteiger partial charge is 0.193 e. The Morgan fingerprint density at radius 1 is 1.23 bits per heavy atom. The molecule has 7 heteroatoms. The van der Waals surface area contributed by atoms with Crippen molar-refractivity contribution in [3.63, 3.8) is 0 Å². The molecule has 0 saturated carbocycles. The van der Waals surface area contributed by atoms with Crippen LogP contribution in [-0.2, 0) is 4.74 Å². The summed E-state index contributed by atoms with van der Waals surface area (Å²) in [5, 5.41) is 4.45. The zero-order valence-corrected chi connectivity index (χ0v) is 17.3. The van der Waals surface area contributed by atoms with Gasteiger partial charge < -0.3 is 19.9 Å². The van der Waals surface area contributed by atoms with Gasteiger partial charge in [0.05, 0.1) is 10.7 Å². The van der Waals surface area contributed by atoms with Crippen molar-refractivity contribution in [2.75, 3.05) is 64.1 Å². The Labute approximate surface area is 166 Å². The number of halogens is 1. The van der Waals surface area contributed by atoms with Gasteiger partial charge in [-0.25, -0.2) is 0 Å². The molecule has 26 heavy (non-hydrogen) atoms. The first kappa shape index (κ1) is 19.6. The molecule has 0 aromatic heterocycles. The molecular formula is C19H29ClN4OS.